The molecule has 0 saturated heterocycles. The summed E-state index contributed by atoms with van der Waals surface area (Å²) in [6, 6.07) is 0. The predicted octanol–water partition coefficient (Wildman–Crippen LogP) is 6.31. The van der Waals surface area contributed by atoms with Crippen LogP contribution in [0, 0.1) is 11.3 Å². The lowest BCUT2D eigenvalue weighted by atomic mass is 9.78. The number of hydrogen-bond donors (Lipinski definition) is 0. The van der Waals surface area contributed by atoms with E-state index in [9.17, 15) is 0 Å². The van der Waals surface area contributed by atoms with E-state index in [4.69, 9.17) is 0 Å². The van der Waals surface area contributed by atoms with Gasteiger partial charge in [-0.15, -0.1) is 0 Å². The summed E-state index contributed by atoms with van der Waals surface area (Å²) in [5, 5.41) is 0. The normalized spacial score (nSPS) is 13.7. The summed E-state index contributed by atoms with van der Waals surface area (Å²) in [6.07, 6.45) is 19.5. The highest BCUT2D eigenvalue weighted by atomic mass is 14.2. The molecule has 0 saturated carbocycles. The first-order valence-electron chi connectivity index (χ1n) is 7.42. The number of hydrogen-bond acceptors (Lipinski definition) is 0. The van der Waals surface area contributed by atoms with Crippen molar-refractivity contribution >= 4 is 0 Å². The molecule has 0 bridgehead atoms. The van der Waals surface area contributed by atoms with Gasteiger partial charge in [0.2, 0.25) is 0 Å². The zero-order valence-corrected chi connectivity index (χ0v) is 13.1. The van der Waals surface area contributed by atoms with Crippen LogP contribution in [0.5, 0.6) is 0 Å². The van der Waals surface area contributed by atoms with Gasteiger partial charge in [-0.2, -0.15) is 0 Å². The van der Waals surface area contributed by atoms with Crippen LogP contribution < -0.4 is 0 Å². The zero-order chi connectivity index (χ0) is 13.9. The van der Waals surface area contributed by atoms with E-state index in [0.29, 0.717) is 5.41 Å². The van der Waals surface area contributed by atoms with Crippen LogP contribution in [0.15, 0.2) is 36.5 Å². The minimum atomic E-state index is 0.429. The molecule has 18 heavy (non-hydrogen) atoms. The minimum Gasteiger partial charge on any atom is -0.0917 e. The van der Waals surface area contributed by atoms with E-state index >= 15 is 0 Å². The Labute approximate surface area is 115 Å². The second kappa shape index (κ2) is 10.2. The van der Waals surface area contributed by atoms with Gasteiger partial charge in [0.25, 0.3) is 0 Å². The summed E-state index contributed by atoms with van der Waals surface area (Å²) in [7, 11) is 0. The van der Waals surface area contributed by atoms with Gasteiger partial charge in [0.05, 0.1) is 0 Å². The molecule has 0 unspecified atom stereocenters. The first kappa shape index (κ1) is 17.2. The van der Waals surface area contributed by atoms with Crippen molar-refractivity contribution in [2.75, 3.05) is 0 Å². The third kappa shape index (κ3) is 9.27. The van der Waals surface area contributed by atoms with Crippen LogP contribution in [0.2, 0.25) is 0 Å². The minimum absolute atomic E-state index is 0.429. The van der Waals surface area contributed by atoms with Gasteiger partial charge in [-0.3, -0.25) is 0 Å². The first-order valence-corrected chi connectivity index (χ1v) is 7.42. The molecule has 0 heterocycles. The van der Waals surface area contributed by atoms with Gasteiger partial charge in [0.1, 0.15) is 0 Å². The molecular weight excluding hydrogens is 216 g/mol. The maximum Gasteiger partial charge on any atom is -0.0297 e. The lowest BCUT2D eigenvalue weighted by Gasteiger charge is -2.27. The standard InChI is InChI=1S/C18H32/c1-6-7-8-9-10-11-12-13-14-15-16-18(4,5)17(2)3/h6-7,10-11,14-15,17H,8-9,12-13,16H2,1-5H3. The van der Waals surface area contributed by atoms with Crippen LogP contribution in [-0.2, 0) is 0 Å². The maximum absolute atomic E-state index is 2.35. The monoisotopic (exact) mass is 248 g/mol. The largest absolute Gasteiger partial charge is 0.0917 e. The van der Waals surface area contributed by atoms with Crippen LogP contribution in [0.3, 0.4) is 0 Å². The topological polar surface area (TPSA) is 0 Å². The molecule has 0 heteroatoms. The van der Waals surface area contributed by atoms with Gasteiger partial charge in [-0.1, -0.05) is 64.2 Å². The molecule has 0 aliphatic carbocycles. The lowest BCUT2D eigenvalue weighted by molar-refractivity contribution is 0.253. The quantitative estimate of drug-likeness (QED) is 0.331. The number of rotatable bonds is 9. The highest BCUT2D eigenvalue weighted by molar-refractivity contribution is 4.92. The fraction of sp³-hybridized carbons (Fsp3) is 0.667. The van der Waals surface area contributed by atoms with Crippen molar-refractivity contribution in [1.82, 2.24) is 0 Å². The van der Waals surface area contributed by atoms with E-state index in [1.165, 1.54) is 32.1 Å². The Morgan fingerprint density at radius 2 is 1.22 bits per heavy atom. The Bertz CT molecular complexity index is 264. The molecule has 0 aromatic carbocycles. The average Bonchev–Trinajstić information content (AvgIpc) is 2.31. The van der Waals surface area contributed by atoms with Crippen molar-refractivity contribution in [3.05, 3.63) is 36.5 Å². The summed E-state index contributed by atoms with van der Waals surface area (Å²) in [4.78, 5) is 0. The van der Waals surface area contributed by atoms with Crippen molar-refractivity contribution in [3.8, 4) is 0 Å². The van der Waals surface area contributed by atoms with Crippen molar-refractivity contribution in [2.45, 2.75) is 66.7 Å². The third-order valence-electron chi connectivity index (χ3n) is 3.78. The Balaban J connectivity index is 3.60. The van der Waals surface area contributed by atoms with Crippen LogP contribution >= 0.6 is 0 Å². The van der Waals surface area contributed by atoms with E-state index in [0.717, 1.165) is 5.92 Å². The summed E-state index contributed by atoms with van der Waals surface area (Å²) in [5.74, 6) is 0.744. The van der Waals surface area contributed by atoms with Gasteiger partial charge >= 0.3 is 0 Å². The highest BCUT2D eigenvalue weighted by Gasteiger charge is 2.19. The predicted molar refractivity (Wildman–Crippen MR) is 84.8 cm³/mol. The molecule has 0 fully saturated rings. The molecule has 0 N–H and O–H groups in total. The molecule has 0 aromatic heterocycles. The van der Waals surface area contributed by atoms with Gasteiger partial charge < -0.3 is 0 Å². The smallest absolute Gasteiger partial charge is 0.0297 e. The van der Waals surface area contributed by atoms with Gasteiger partial charge in [-0.05, 0) is 50.4 Å². The molecule has 0 atom stereocenters. The molecule has 0 aliphatic rings. The molecule has 0 amide bonds. The molecular formula is C18H32. The average molecular weight is 248 g/mol. The molecule has 0 nitrogen and oxygen atoms in total. The SMILES string of the molecule is CC=CCCC=CCCC=CCC(C)(C)C(C)C. The molecule has 0 aliphatic heterocycles. The van der Waals surface area contributed by atoms with E-state index in [-0.39, 0.29) is 0 Å². The van der Waals surface area contributed by atoms with Crippen molar-refractivity contribution in [2.24, 2.45) is 11.3 Å². The Hall–Kier alpha value is -0.780. The molecule has 104 valence electrons. The fourth-order valence-electron chi connectivity index (χ4n) is 1.53. The molecule has 0 radical (unpaired) electrons. The van der Waals surface area contributed by atoms with Gasteiger partial charge in [-0.25, -0.2) is 0 Å². The van der Waals surface area contributed by atoms with Crippen molar-refractivity contribution < 1.29 is 0 Å². The second-order valence-corrected chi connectivity index (χ2v) is 6.01. The highest BCUT2D eigenvalue weighted by Crippen LogP contribution is 2.30. The van der Waals surface area contributed by atoms with Crippen LogP contribution in [0.25, 0.3) is 0 Å². The van der Waals surface area contributed by atoms with Crippen molar-refractivity contribution in [1.29, 1.82) is 0 Å². The molecule has 0 aromatic rings. The lowest BCUT2D eigenvalue weighted by Crippen LogP contribution is -2.17. The molecule has 0 rings (SSSR count). The summed E-state index contributed by atoms with van der Waals surface area (Å²) >= 11 is 0. The third-order valence-corrected chi connectivity index (χ3v) is 3.78. The summed E-state index contributed by atoms with van der Waals surface area (Å²) in [5.41, 5.74) is 0.429. The van der Waals surface area contributed by atoms with Crippen molar-refractivity contribution in [3.63, 3.8) is 0 Å². The van der Waals surface area contributed by atoms with E-state index in [2.05, 4.69) is 71.1 Å². The van der Waals surface area contributed by atoms with Crippen LogP contribution in [0.1, 0.15) is 66.7 Å². The van der Waals surface area contributed by atoms with Crippen LogP contribution in [-0.4, -0.2) is 0 Å². The summed E-state index contributed by atoms with van der Waals surface area (Å²) < 4.78 is 0. The Morgan fingerprint density at radius 1 is 0.778 bits per heavy atom. The molecule has 0 spiro atoms. The maximum atomic E-state index is 2.35. The second-order valence-electron chi connectivity index (χ2n) is 6.01. The van der Waals surface area contributed by atoms with Gasteiger partial charge in [0.15, 0.2) is 0 Å². The summed E-state index contributed by atoms with van der Waals surface area (Å²) in [6.45, 7) is 11.4. The first-order chi connectivity index (χ1) is 8.50. The zero-order valence-electron chi connectivity index (χ0n) is 13.1. The Kier molecular flexibility index (Phi) is 9.73. The fourth-order valence-corrected chi connectivity index (χ4v) is 1.53. The van der Waals surface area contributed by atoms with E-state index in [1.54, 1.807) is 0 Å². The number of allylic oxidation sites excluding steroid dienone is 6. The number of unbranched alkanes of at least 4 members (excludes halogenated alkanes) is 2. The van der Waals surface area contributed by atoms with E-state index < -0.39 is 0 Å². The van der Waals surface area contributed by atoms with Crippen LogP contribution in [0.4, 0.5) is 0 Å². The van der Waals surface area contributed by atoms with Gasteiger partial charge in [0, 0.05) is 0 Å². The van der Waals surface area contributed by atoms with E-state index in [1.807, 2.05) is 0 Å². The Morgan fingerprint density at radius 3 is 1.67 bits per heavy atom.